The first-order chi connectivity index (χ1) is 13.0. The molecule has 2 heterocycles. The second-order valence-electron chi connectivity index (χ2n) is 7.16. The van der Waals surface area contributed by atoms with Gasteiger partial charge < -0.3 is 20.3 Å². The number of rotatable bonds is 8. The fourth-order valence-corrected chi connectivity index (χ4v) is 3.01. The minimum absolute atomic E-state index is 0. The zero-order valence-electron chi connectivity index (χ0n) is 17.4. The Morgan fingerprint density at radius 2 is 2.25 bits per heavy atom. The van der Waals surface area contributed by atoms with Gasteiger partial charge in [-0.05, 0) is 18.9 Å². The minimum Gasteiger partial charge on any atom is -0.477 e. The Hall–Kier alpha value is -1.58. The van der Waals surface area contributed by atoms with Gasteiger partial charge in [-0.2, -0.15) is 0 Å². The fraction of sp³-hybridized carbons (Fsp3) is 0.650. The van der Waals surface area contributed by atoms with Crippen LogP contribution in [0, 0.1) is 5.92 Å². The maximum absolute atomic E-state index is 12.1. The lowest BCUT2D eigenvalue weighted by atomic mass is 10.2. The highest BCUT2D eigenvalue weighted by molar-refractivity contribution is 14.0. The molecule has 1 fully saturated rings. The normalized spacial score (nSPS) is 16.7. The summed E-state index contributed by atoms with van der Waals surface area (Å²) in [6.07, 6.45) is 4.78. The van der Waals surface area contributed by atoms with Crippen molar-refractivity contribution >= 4 is 35.8 Å². The summed E-state index contributed by atoms with van der Waals surface area (Å²) in [4.78, 5) is 22.7. The second kappa shape index (κ2) is 12.8. The van der Waals surface area contributed by atoms with Crippen molar-refractivity contribution in [1.82, 2.24) is 20.5 Å². The van der Waals surface area contributed by atoms with Crippen LogP contribution in [0.3, 0.4) is 0 Å². The van der Waals surface area contributed by atoms with Gasteiger partial charge in [0.05, 0.1) is 6.61 Å². The third kappa shape index (κ3) is 7.44. The summed E-state index contributed by atoms with van der Waals surface area (Å²) in [7, 11) is 1.75. The molecule has 1 aliphatic rings. The van der Waals surface area contributed by atoms with Crippen LogP contribution in [0.2, 0.25) is 0 Å². The van der Waals surface area contributed by atoms with E-state index in [4.69, 9.17) is 4.74 Å². The molecule has 1 aliphatic heterocycles. The summed E-state index contributed by atoms with van der Waals surface area (Å²) in [5.74, 6) is 1.65. The van der Waals surface area contributed by atoms with E-state index in [-0.39, 0.29) is 41.8 Å². The van der Waals surface area contributed by atoms with Gasteiger partial charge in [0, 0.05) is 50.4 Å². The molecule has 7 nitrogen and oxygen atoms in total. The molecular formula is C20H34IN5O2. The number of guanidine groups is 1. The first-order valence-corrected chi connectivity index (χ1v) is 9.87. The number of amides is 1. The van der Waals surface area contributed by atoms with Crippen LogP contribution in [0.15, 0.2) is 23.3 Å². The summed E-state index contributed by atoms with van der Waals surface area (Å²) < 4.78 is 5.78. The van der Waals surface area contributed by atoms with Crippen molar-refractivity contribution in [2.24, 2.45) is 10.9 Å². The molecule has 0 bridgehead atoms. The lowest BCUT2D eigenvalue weighted by molar-refractivity contribution is -0.133. The van der Waals surface area contributed by atoms with Gasteiger partial charge in [-0.15, -0.1) is 24.0 Å². The number of aliphatic imine (C=N–C) groups is 1. The quantitative estimate of drug-likeness (QED) is 0.247. The Labute approximate surface area is 185 Å². The van der Waals surface area contributed by atoms with Crippen molar-refractivity contribution in [1.29, 1.82) is 0 Å². The molecule has 1 amide bonds. The number of carbonyl (C=O) groups is 1. The van der Waals surface area contributed by atoms with E-state index in [1.165, 1.54) is 0 Å². The summed E-state index contributed by atoms with van der Waals surface area (Å²) >= 11 is 0. The van der Waals surface area contributed by atoms with E-state index in [1.54, 1.807) is 13.2 Å². The predicted molar refractivity (Wildman–Crippen MR) is 123 cm³/mol. The van der Waals surface area contributed by atoms with Crippen molar-refractivity contribution < 1.29 is 9.53 Å². The number of nitrogens with one attached hydrogen (secondary N) is 2. The number of nitrogens with zero attached hydrogens (tertiary/aromatic N) is 3. The lowest BCUT2D eigenvalue weighted by Crippen LogP contribution is -2.45. The third-order valence-electron chi connectivity index (χ3n) is 4.59. The van der Waals surface area contributed by atoms with E-state index in [9.17, 15) is 4.79 Å². The van der Waals surface area contributed by atoms with Crippen LogP contribution in [0.25, 0.3) is 0 Å². The van der Waals surface area contributed by atoms with Gasteiger partial charge in [-0.25, -0.2) is 4.98 Å². The average molecular weight is 503 g/mol. The SMILES string of the molecule is CCCCOc1ncccc1CNC(=NC)NC1CCN(C(=O)C(C)C)C1.I. The molecule has 158 valence electrons. The molecule has 1 saturated heterocycles. The average Bonchev–Trinajstić information content (AvgIpc) is 3.14. The fourth-order valence-electron chi connectivity index (χ4n) is 3.01. The Morgan fingerprint density at radius 3 is 2.93 bits per heavy atom. The summed E-state index contributed by atoms with van der Waals surface area (Å²) in [5.41, 5.74) is 1.000. The number of hydrogen-bond donors (Lipinski definition) is 2. The Bertz CT molecular complexity index is 639. The third-order valence-corrected chi connectivity index (χ3v) is 4.59. The summed E-state index contributed by atoms with van der Waals surface area (Å²) in [5, 5.41) is 6.74. The van der Waals surface area contributed by atoms with Gasteiger partial charge in [0.25, 0.3) is 0 Å². The highest BCUT2D eigenvalue weighted by Crippen LogP contribution is 2.15. The standard InChI is InChI=1S/C20H33N5O2.HI/c1-5-6-12-27-18-16(8-7-10-22-18)13-23-20(21-4)24-17-9-11-25(14-17)19(26)15(2)3;/h7-8,10,15,17H,5-6,9,11-14H2,1-4H3,(H2,21,23,24);1H. The van der Waals surface area contributed by atoms with Crippen LogP contribution in [0.5, 0.6) is 5.88 Å². The van der Waals surface area contributed by atoms with Gasteiger partial charge in [-0.1, -0.05) is 33.3 Å². The van der Waals surface area contributed by atoms with Gasteiger partial charge in [-0.3, -0.25) is 9.79 Å². The van der Waals surface area contributed by atoms with Crippen molar-refractivity contribution in [3.8, 4) is 5.88 Å². The number of likely N-dealkylation sites (tertiary alicyclic amines) is 1. The molecule has 1 unspecified atom stereocenters. The second-order valence-corrected chi connectivity index (χ2v) is 7.16. The van der Waals surface area contributed by atoms with E-state index in [0.29, 0.717) is 19.0 Å². The Kier molecular flexibility index (Phi) is 11.2. The number of aromatic nitrogens is 1. The van der Waals surface area contributed by atoms with Crippen molar-refractivity contribution in [3.63, 3.8) is 0 Å². The first kappa shape index (κ1) is 24.5. The monoisotopic (exact) mass is 503 g/mol. The molecule has 2 N–H and O–H groups in total. The van der Waals surface area contributed by atoms with Crippen LogP contribution in [0.4, 0.5) is 0 Å². The van der Waals surface area contributed by atoms with Gasteiger partial charge in [0.2, 0.25) is 11.8 Å². The Balaban J connectivity index is 0.00000392. The van der Waals surface area contributed by atoms with Crippen LogP contribution < -0.4 is 15.4 Å². The first-order valence-electron chi connectivity index (χ1n) is 9.87. The lowest BCUT2D eigenvalue weighted by Gasteiger charge is -2.20. The molecule has 0 spiro atoms. The van der Waals surface area contributed by atoms with Crippen LogP contribution in [-0.4, -0.2) is 54.5 Å². The molecule has 28 heavy (non-hydrogen) atoms. The topological polar surface area (TPSA) is 78.8 Å². The number of carbonyl (C=O) groups excluding carboxylic acids is 1. The zero-order valence-corrected chi connectivity index (χ0v) is 19.7. The van der Waals surface area contributed by atoms with Crippen LogP contribution >= 0.6 is 24.0 Å². The smallest absolute Gasteiger partial charge is 0.225 e. The maximum atomic E-state index is 12.1. The highest BCUT2D eigenvalue weighted by atomic mass is 127. The number of hydrogen-bond acceptors (Lipinski definition) is 4. The predicted octanol–water partition coefficient (Wildman–Crippen LogP) is 2.80. The molecule has 0 aromatic carbocycles. The van der Waals surface area contributed by atoms with E-state index >= 15 is 0 Å². The molecule has 8 heteroatoms. The number of halogens is 1. The summed E-state index contributed by atoms with van der Waals surface area (Å²) in [6.45, 7) is 8.79. The molecular weight excluding hydrogens is 469 g/mol. The maximum Gasteiger partial charge on any atom is 0.225 e. The molecule has 2 rings (SSSR count). The number of ether oxygens (including phenoxy) is 1. The number of unbranched alkanes of at least 4 members (excludes halogenated alkanes) is 1. The molecule has 0 aliphatic carbocycles. The largest absolute Gasteiger partial charge is 0.477 e. The van der Waals surface area contributed by atoms with Crippen LogP contribution in [0.1, 0.15) is 45.6 Å². The van der Waals surface area contributed by atoms with E-state index in [1.807, 2.05) is 30.9 Å². The van der Waals surface area contributed by atoms with Crippen LogP contribution in [-0.2, 0) is 11.3 Å². The van der Waals surface area contributed by atoms with E-state index in [2.05, 4.69) is 27.5 Å². The minimum atomic E-state index is 0. The van der Waals surface area contributed by atoms with Crippen molar-refractivity contribution in [2.75, 3.05) is 26.7 Å². The number of pyridine rings is 1. The molecule has 0 radical (unpaired) electrons. The zero-order chi connectivity index (χ0) is 19.6. The summed E-state index contributed by atoms with van der Waals surface area (Å²) in [6, 6.07) is 4.13. The highest BCUT2D eigenvalue weighted by Gasteiger charge is 2.27. The van der Waals surface area contributed by atoms with Gasteiger partial charge >= 0.3 is 0 Å². The van der Waals surface area contributed by atoms with Gasteiger partial charge in [0.1, 0.15) is 0 Å². The van der Waals surface area contributed by atoms with E-state index in [0.717, 1.165) is 43.9 Å². The molecule has 1 aromatic heterocycles. The van der Waals surface area contributed by atoms with Gasteiger partial charge in [0.15, 0.2) is 5.96 Å². The van der Waals surface area contributed by atoms with Crippen molar-refractivity contribution in [2.45, 2.75) is 52.6 Å². The van der Waals surface area contributed by atoms with Crippen molar-refractivity contribution in [3.05, 3.63) is 23.9 Å². The molecule has 1 aromatic rings. The van der Waals surface area contributed by atoms with E-state index < -0.39 is 0 Å². The Morgan fingerprint density at radius 1 is 1.46 bits per heavy atom. The molecule has 1 atom stereocenters. The molecule has 0 saturated carbocycles.